The summed E-state index contributed by atoms with van der Waals surface area (Å²) in [6.45, 7) is 7.12. The Bertz CT molecular complexity index is 421. The van der Waals surface area contributed by atoms with Crippen LogP contribution in [0.4, 0.5) is 0 Å². The quantitative estimate of drug-likeness (QED) is 0.906. The van der Waals surface area contributed by atoms with Crippen molar-refractivity contribution in [1.29, 1.82) is 0 Å². The Morgan fingerprint density at radius 2 is 2.05 bits per heavy atom. The second kappa shape index (κ2) is 5.63. The first kappa shape index (κ1) is 13.1. The minimum atomic E-state index is 0.241. The zero-order chi connectivity index (χ0) is 13.2. The highest BCUT2D eigenvalue weighted by Gasteiger charge is 2.26. The van der Waals surface area contributed by atoms with Crippen molar-refractivity contribution in [3.8, 4) is 0 Å². The number of hydrogen-bond acceptors (Lipinski definition) is 3. The van der Waals surface area contributed by atoms with Gasteiger partial charge in [-0.05, 0) is 45.3 Å². The van der Waals surface area contributed by atoms with Crippen molar-refractivity contribution in [2.24, 2.45) is 0 Å². The summed E-state index contributed by atoms with van der Waals surface area (Å²) in [7, 11) is 0. The van der Waals surface area contributed by atoms with Gasteiger partial charge < -0.3 is 14.6 Å². The number of aromatic nitrogens is 2. The second-order valence-corrected chi connectivity index (χ2v) is 5.95. The minimum absolute atomic E-state index is 0.241. The fraction of sp³-hybridized carbons (Fsp3) is 0.800. The maximum atomic E-state index is 9.46. The third-order valence-corrected chi connectivity index (χ3v) is 4.82. The van der Waals surface area contributed by atoms with Crippen LogP contribution >= 0.6 is 0 Å². The van der Waals surface area contributed by atoms with Crippen LogP contribution in [0.1, 0.15) is 56.0 Å². The van der Waals surface area contributed by atoms with E-state index >= 15 is 0 Å². The zero-order valence-electron chi connectivity index (χ0n) is 11.9. The van der Waals surface area contributed by atoms with Crippen LogP contribution in [-0.4, -0.2) is 45.8 Å². The monoisotopic (exact) mass is 263 g/mol. The van der Waals surface area contributed by atoms with Crippen molar-refractivity contribution < 1.29 is 5.11 Å². The summed E-state index contributed by atoms with van der Waals surface area (Å²) >= 11 is 0. The fourth-order valence-corrected chi connectivity index (χ4v) is 3.51. The van der Waals surface area contributed by atoms with E-state index in [1.165, 1.54) is 44.6 Å². The Balaban J connectivity index is 1.74. The molecule has 1 aromatic rings. The zero-order valence-corrected chi connectivity index (χ0v) is 11.9. The van der Waals surface area contributed by atoms with Crippen LogP contribution in [0.3, 0.4) is 0 Å². The summed E-state index contributed by atoms with van der Waals surface area (Å²) in [5.41, 5.74) is 1.27. The Morgan fingerprint density at radius 1 is 1.26 bits per heavy atom. The van der Waals surface area contributed by atoms with Crippen molar-refractivity contribution in [3.05, 3.63) is 17.7 Å². The summed E-state index contributed by atoms with van der Waals surface area (Å²) in [5, 5.41) is 9.46. The standard InChI is InChI=1S/C15H25N3O/c1-2-17-8-5-12(6-9-17)14-10-18-7-3-4-13(11-19)15(18)16-14/h10,12-13,19H,2-9,11H2,1H3. The molecule has 0 spiro atoms. The van der Waals surface area contributed by atoms with E-state index < -0.39 is 0 Å². The summed E-state index contributed by atoms with van der Waals surface area (Å²) in [4.78, 5) is 7.38. The van der Waals surface area contributed by atoms with Gasteiger partial charge in [-0.2, -0.15) is 0 Å². The maximum Gasteiger partial charge on any atom is 0.114 e. The van der Waals surface area contributed by atoms with E-state index in [1.54, 1.807) is 0 Å². The van der Waals surface area contributed by atoms with Crippen LogP contribution in [-0.2, 0) is 6.54 Å². The lowest BCUT2D eigenvalue weighted by Crippen LogP contribution is -2.32. The highest BCUT2D eigenvalue weighted by molar-refractivity contribution is 5.15. The third-order valence-electron chi connectivity index (χ3n) is 4.82. The normalized spacial score (nSPS) is 25.5. The van der Waals surface area contributed by atoms with Gasteiger partial charge in [0.2, 0.25) is 0 Å². The van der Waals surface area contributed by atoms with E-state index in [1.807, 2.05) is 0 Å². The third kappa shape index (κ3) is 2.56. The molecule has 106 valence electrons. The van der Waals surface area contributed by atoms with E-state index in [4.69, 9.17) is 4.98 Å². The highest BCUT2D eigenvalue weighted by Crippen LogP contribution is 2.32. The van der Waals surface area contributed by atoms with Gasteiger partial charge in [0.05, 0.1) is 12.3 Å². The Morgan fingerprint density at radius 3 is 2.74 bits per heavy atom. The molecule has 0 bridgehead atoms. The molecule has 2 aliphatic rings. The average molecular weight is 263 g/mol. The minimum Gasteiger partial charge on any atom is -0.396 e. The van der Waals surface area contributed by atoms with Crippen LogP contribution in [0.25, 0.3) is 0 Å². The maximum absolute atomic E-state index is 9.46. The van der Waals surface area contributed by atoms with E-state index in [-0.39, 0.29) is 12.5 Å². The van der Waals surface area contributed by atoms with Gasteiger partial charge in [0.15, 0.2) is 0 Å². The number of aliphatic hydroxyl groups excluding tert-OH is 1. The molecule has 1 N–H and O–H groups in total. The lowest BCUT2D eigenvalue weighted by Gasteiger charge is -2.30. The van der Waals surface area contributed by atoms with Gasteiger partial charge in [0.25, 0.3) is 0 Å². The molecule has 1 saturated heterocycles. The van der Waals surface area contributed by atoms with Crippen molar-refractivity contribution in [2.45, 2.75) is 51.0 Å². The SMILES string of the molecule is CCN1CCC(c2cn3c(n2)C(CO)CCC3)CC1. The molecule has 0 aromatic carbocycles. The number of piperidine rings is 1. The second-order valence-electron chi connectivity index (χ2n) is 5.95. The summed E-state index contributed by atoms with van der Waals surface area (Å²) in [6, 6.07) is 0. The van der Waals surface area contributed by atoms with Gasteiger partial charge in [-0.1, -0.05) is 6.92 Å². The highest BCUT2D eigenvalue weighted by atomic mass is 16.3. The van der Waals surface area contributed by atoms with Gasteiger partial charge >= 0.3 is 0 Å². The Hall–Kier alpha value is -0.870. The number of aliphatic hydroxyl groups is 1. The smallest absolute Gasteiger partial charge is 0.114 e. The summed E-state index contributed by atoms with van der Waals surface area (Å²) in [5.74, 6) is 2.01. The van der Waals surface area contributed by atoms with Crippen LogP contribution in [0.2, 0.25) is 0 Å². The Labute approximate surface area is 115 Å². The topological polar surface area (TPSA) is 41.3 Å². The molecule has 0 amide bonds. The molecule has 4 heteroatoms. The number of rotatable bonds is 3. The lowest BCUT2D eigenvalue weighted by atomic mass is 9.94. The number of likely N-dealkylation sites (tertiary alicyclic amines) is 1. The van der Waals surface area contributed by atoms with Crippen molar-refractivity contribution in [1.82, 2.24) is 14.5 Å². The molecule has 3 rings (SSSR count). The first-order valence-electron chi connectivity index (χ1n) is 7.72. The number of fused-ring (bicyclic) bond motifs is 1. The molecule has 4 nitrogen and oxygen atoms in total. The van der Waals surface area contributed by atoms with E-state index in [0.717, 1.165) is 18.8 Å². The molecule has 1 aromatic heterocycles. The van der Waals surface area contributed by atoms with Gasteiger partial charge in [0.1, 0.15) is 5.82 Å². The summed E-state index contributed by atoms with van der Waals surface area (Å²) < 4.78 is 2.28. The molecule has 2 aliphatic heterocycles. The molecule has 1 unspecified atom stereocenters. The molecule has 0 radical (unpaired) electrons. The van der Waals surface area contributed by atoms with Crippen LogP contribution in [0.5, 0.6) is 0 Å². The largest absolute Gasteiger partial charge is 0.396 e. The van der Waals surface area contributed by atoms with Crippen LogP contribution in [0.15, 0.2) is 6.20 Å². The fourth-order valence-electron chi connectivity index (χ4n) is 3.51. The number of imidazole rings is 1. The molecule has 19 heavy (non-hydrogen) atoms. The Kier molecular flexibility index (Phi) is 3.89. The average Bonchev–Trinajstić information content (AvgIpc) is 2.91. The number of nitrogens with zero attached hydrogens (tertiary/aromatic N) is 3. The molecule has 1 atom stereocenters. The molecular formula is C15H25N3O. The van der Waals surface area contributed by atoms with Gasteiger partial charge in [-0.15, -0.1) is 0 Å². The first-order valence-corrected chi connectivity index (χ1v) is 7.72. The van der Waals surface area contributed by atoms with Gasteiger partial charge in [-0.25, -0.2) is 4.98 Å². The summed E-state index contributed by atoms with van der Waals surface area (Å²) in [6.07, 6.45) is 6.97. The predicted octanol–water partition coefficient (Wildman–Crippen LogP) is 1.95. The first-order chi connectivity index (χ1) is 9.31. The predicted molar refractivity (Wildman–Crippen MR) is 75.4 cm³/mol. The van der Waals surface area contributed by atoms with E-state index in [0.29, 0.717) is 5.92 Å². The molecule has 0 saturated carbocycles. The van der Waals surface area contributed by atoms with E-state index in [9.17, 15) is 5.11 Å². The molecular weight excluding hydrogens is 238 g/mol. The van der Waals surface area contributed by atoms with Crippen molar-refractivity contribution in [2.75, 3.05) is 26.2 Å². The van der Waals surface area contributed by atoms with Crippen LogP contribution in [0, 0.1) is 0 Å². The van der Waals surface area contributed by atoms with Gasteiger partial charge in [-0.3, -0.25) is 0 Å². The molecule has 3 heterocycles. The number of aryl methyl sites for hydroxylation is 1. The van der Waals surface area contributed by atoms with E-state index in [2.05, 4.69) is 22.6 Å². The molecule has 0 aliphatic carbocycles. The van der Waals surface area contributed by atoms with Crippen molar-refractivity contribution in [3.63, 3.8) is 0 Å². The van der Waals surface area contributed by atoms with Gasteiger partial charge in [0, 0.05) is 24.6 Å². The lowest BCUT2D eigenvalue weighted by molar-refractivity contribution is 0.220. The van der Waals surface area contributed by atoms with Crippen molar-refractivity contribution >= 4 is 0 Å². The number of hydrogen-bond donors (Lipinski definition) is 1. The molecule has 1 fully saturated rings. The van der Waals surface area contributed by atoms with Crippen LogP contribution < -0.4 is 0 Å².